The maximum absolute atomic E-state index is 13.9. The minimum Gasteiger partial charge on any atom is -0.491 e. The molecular formula is C18H23FN2O4S. The lowest BCUT2D eigenvalue weighted by atomic mass is 10.1. The van der Waals surface area contributed by atoms with Gasteiger partial charge in [-0.2, -0.15) is 0 Å². The van der Waals surface area contributed by atoms with Gasteiger partial charge < -0.3 is 14.7 Å². The molecule has 0 fully saturated rings. The smallest absolute Gasteiger partial charge is 0.240 e. The summed E-state index contributed by atoms with van der Waals surface area (Å²) in [5.41, 5.74) is 1.54. The van der Waals surface area contributed by atoms with Gasteiger partial charge in [0.1, 0.15) is 0 Å². The number of hydrogen-bond donors (Lipinski definition) is 2. The summed E-state index contributed by atoms with van der Waals surface area (Å²) in [4.78, 5) is 1.69. The number of anilines is 1. The van der Waals surface area contributed by atoms with E-state index in [1.807, 2.05) is 31.1 Å². The summed E-state index contributed by atoms with van der Waals surface area (Å²) in [6.07, 6.45) is -1.02. The number of aliphatic hydroxyl groups excluding tert-OH is 1. The molecule has 0 aliphatic rings. The van der Waals surface area contributed by atoms with Gasteiger partial charge in [0.15, 0.2) is 11.6 Å². The molecule has 6 nitrogen and oxygen atoms in total. The number of halogens is 1. The number of aliphatic hydroxyl groups is 1. The average molecular weight is 382 g/mol. The summed E-state index contributed by atoms with van der Waals surface area (Å²) >= 11 is 0. The first kappa shape index (κ1) is 20.2. The Balaban J connectivity index is 2.06. The minimum atomic E-state index is -3.95. The normalized spacial score (nSPS) is 12.7. The molecule has 8 heteroatoms. The highest BCUT2D eigenvalue weighted by Crippen LogP contribution is 2.22. The summed E-state index contributed by atoms with van der Waals surface area (Å²) in [6.45, 7) is 1.76. The lowest BCUT2D eigenvalue weighted by Gasteiger charge is -2.16. The third-order valence-electron chi connectivity index (χ3n) is 3.77. The van der Waals surface area contributed by atoms with Gasteiger partial charge in [-0.05, 0) is 42.8 Å². The van der Waals surface area contributed by atoms with E-state index < -0.39 is 21.9 Å². The van der Waals surface area contributed by atoms with Crippen LogP contribution in [0.4, 0.5) is 10.1 Å². The molecule has 0 aliphatic carbocycles. The fraction of sp³-hybridized carbons (Fsp3) is 0.333. The number of sulfonamides is 1. The van der Waals surface area contributed by atoms with Gasteiger partial charge in [-0.1, -0.05) is 12.1 Å². The van der Waals surface area contributed by atoms with Crippen LogP contribution in [0.3, 0.4) is 0 Å². The molecule has 0 bridgehead atoms. The van der Waals surface area contributed by atoms with Crippen molar-refractivity contribution in [1.29, 1.82) is 0 Å². The van der Waals surface area contributed by atoms with E-state index in [1.54, 1.807) is 19.1 Å². The molecule has 1 unspecified atom stereocenters. The predicted octanol–water partition coefficient (Wildman–Crippen LogP) is 2.30. The van der Waals surface area contributed by atoms with Gasteiger partial charge in [0.2, 0.25) is 10.0 Å². The standard InChI is InChI=1S/C18H23FN2O4S/c1-4-25-18-10-9-15(11-16(18)19)26(23,24)20-12-17(22)13-5-7-14(8-6-13)21(2)3/h5-11,17,20,22H,4,12H2,1-3H3. The van der Waals surface area contributed by atoms with Crippen molar-refractivity contribution in [3.63, 3.8) is 0 Å². The Kier molecular flexibility index (Phi) is 6.57. The molecule has 2 N–H and O–H groups in total. The molecule has 2 aromatic carbocycles. The van der Waals surface area contributed by atoms with Crippen molar-refractivity contribution in [1.82, 2.24) is 4.72 Å². The fourth-order valence-corrected chi connectivity index (χ4v) is 3.36. The molecule has 26 heavy (non-hydrogen) atoms. The molecule has 2 rings (SSSR count). The van der Waals surface area contributed by atoms with Gasteiger partial charge in [0, 0.05) is 26.3 Å². The van der Waals surface area contributed by atoms with Gasteiger partial charge >= 0.3 is 0 Å². The molecule has 0 aromatic heterocycles. The van der Waals surface area contributed by atoms with Crippen LogP contribution in [0, 0.1) is 5.82 Å². The van der Waals surface area contributed by atoms with Crippen molar-refractivity contribution in [2.45, 2.75) is 17.9 Å². The van der Waals surface area contributed by atoms with Crippen LogP contribution in [0.2, 0.25) is 0 Å². The zero-order valence-electron chi connectivity index (χ0n) is 14.9. The van der Waals surface area contributed by atoms with Gasteiger partial charge in [0.25, 0.3) is 0 Å². The highest BCUT2D eigenvalue weighted by Gasteiger charge is 2.19. The molecule has 1 atom stereocenters. The Labute approximate surface area is 153 Å². The third-order valence-corrected chi connectivity index (χ3v) is 5.20. The summed E-state index contributed by atoms with van der Waals surface area (Å²) in [7, 11) is -0.156. The molecule has 0 saturated heterocycles. The number of ether oxygens (including phenoxy) is 1. The van der Waals surface area contributed by atoms with Crippen LogP contribution >= 0.6 is 0 Å². The molecule has 0 saturated carbocycles. The van der Waals surface area contributed by atoms with Crippen LogP contribution < -0.4 is 14.4 Å². The lowest BCUT2D eigenvalue weighted by Crippen LogP contribution is -2.28. The Morgan fingerprint density at radius 3 is 2.38 bits per heavy atom. The summed E-state index contributed by atoms with van der Waals surface area (Å²) in [5, 5.41) is 10.2. The molecule has 0 radical (unpaired) electrons. The molecule has 0 amide bonds. The van der Waals surface area contributed by atoms with Crippen LogP contribution in [0.1, 0.15) is 18.6 Å². The lowest BCUT2D eigenvalue weighted by molar-refractivity contribution is 0.182. The van der Waals surface area contributed by atoms with Crippen LogP contribution in [0.25, 0.3) is 0 Å². The Morgan fingerprint density at radius 2 is 1.85 bits per heavy atom. The van der Waals surface area contributed by atoms with Gasteiger partial charge in [0.05, 0.1) is 17.6 Å². The average Bonchev–Trinajstić information content (AvgIpc) is 2.61. The minimum absolute atomic E-state index is 0.00698. The molecule has 0 aliphatic heterocycles. The van der Waals surface area contributed by atoms with E-state index in [-0.39, 0.29) is 23.8 Å². The van der Waals surface area contributed by atoms with E-state index in [1.165, 1.54) is 12.1 Å². The highest BCUT2D eigenvalue weighted by molar-refractivity contribution is 7.89. The van der Waals surface area contributed by atoms with E-state index in [9.17, 15) is 17.9 Å². The number of benzene rings is 2. The second kappa shape index (κ2) is 8.48. The zero-order valence-corrected chi connectivity index (χ0v) is 15.8. The van der Waals surface area contributed by atoms with Crippen molar-refractivity contribution in [3.8, 4) is 5.75 Å². The zero-order chi connectivity index (χ0) is 19.3. The Morgan fingerprint density at radius 1 is 1.19 bits per heavy atom. The van der Waals surface area contributed by atoms with Gasteiger partial charge in [-0.3, -0.25) is 0 Å². The topological polar surface area (TPSA) is 78.9 Å². The monoisotopic (exact) mass is 382 g/mol. The first-order chi connectivity index (χ1) is 12.2. The summed E-state index contributed by atoms with van der Waals surface area (Å²) in [5.74, 6) is -0.762. The van der Waals surface area contributed by atoms with E-state index in [0.29, 0.717) is 5.56 Å². The summed E-state index contributed by atoms with van der Waals surface area (Å²) in [6, 6.07) is 10.5. The van der Waals surface area contributed by atoms with Gasteiger partial charge in [-0.15, -0.1) is 0 Å². The maximum atomic E-state index is 13.9. The SMILES string of the molecule is CCOc1ccc(S(=O)(=O)NCC(O)c2ccc(N(C)C)cc2)cc1F. The van der Waals surface area contributed by atoms with Crippen molar-refractivity contribution in [3.05, 3.63) is 53.8 Å². The molecule has 142 valence electrons. The Bertz CT molecular complexity index is 839. The third kappa shape index (κ3) is 4.94. The number of nitrogens with zero attached hydrogens (tertiary/aromatic N) is 1. The van der Waals surface area contributed by atoms with Gasteiger partial charge in [-0.25, -0.2) is 17.5 Å². The van der Waals surface area contributed by atoms with Crippen LogP contribution in [-0.4, -0.2) is 40.8 Å². The van der Waals surface area contributed by atoms with E-state index >= 15 is 0 Å². The number of rotatable bonds is 8. The molecular weight excluding hydrogens is 359 g/mol. The van der Waals surface area contributed by atoms with E-state index in [0.717, 1.165) is 11.8 Å². The first-order valence-corrected chi connectivity index (χ1v) is 9.60. The first-order valence-electron chi connectivity index (χ1n) is 8.12. The van der Waals surface area contributed by atoms with Crippen molar-refractivity contribution in [2.75, 3.05) is 32.1 Å². The van der Waals surface area contributed by atoms with E-state index in [2.05, 4.69) is 4.72 Å². The highest BCUT2D eigenvalue weighted by atomic mass is 32.2. The number of hydrogen-bond acceptors (Lipinski definition) is 5. The fourth-order valence-electron chi connectivity index (χ4n) is 2.31. The predicted molar refractivity (Wildman–Crippen MR) is 98.5 cm³/mol. The van der Waals surface area contributed by atoms with Crippen LogP contribution in [-0.2, 0) is 10.0 Å². The van der Waals surface area contributed by atoms with Crippen molar-refractivity contribution >= 4 is 15.7 Å². The van der Waals surface area contributed by atoms with Crippen LogP contribution in [0.5, 0.6) is 5.75 Å². The number of nitrogens with one attached hydrogen (secondary N) is 1. The van der Waals surface area contributed by atoms with Crippen molar-refractivity contribution in [2.24, 2.45) is 0 Å². The van der Waals surface area contributed by atoms with Crippen molar-refractivity contribution < 1.29 is 22.7 Å². The largest absolute Gasteiger partial charge is 0.491 e. The summed E-state index contributed by atoms with van der Waals surface area (Å²) < 4.78 is 45.8. The molecule has 0 heterocycles. The quantitative estimate of drug-likeness (QED) is 0.732. The maximum Gasteiger partial charge on any atom is 0.240 e. The second-order valence-corrected chi connectivity index (χ2v) is 7.65. The Hall–Kier alpha value is -2.16. The van der Waals surface area contributed by atoms with Crippen LogP contribution in [0.15, 0.2) is 47.4 Å². The molecule has 0 spiro atoms. The second-order valence-electron chi connectivity index (χ2n) is 5.88. The van der Waals surface area contributed by atoms with E-state index in [4.69, 9.17) is 4.74 Å². The molecule has 2 aromatic rings.